The molecule has 0 amide bonds. The topological polar surface area (TPSA) is 0 Å². The molecule has 0 nitrogen and oxygen atoms in total. The van der Waals surface area contributed by atoms with E-state index in [0.717, 1.165) is 0 Å². The molecule has 0 spiro atoms. The predicted octanol–water partition coefficient (Wildman–Crippen LogP) is 3.48. The molecule has 2 aliphatic carbocycles. The van der Waals surface area contributed by atoms with E-state index in [-0.39, 0.29) is 0 Å². The van der Waals surface area contributed by atoms with Crippen LogP contribution in [0.25, 0.3) is 0 Å². The van der Waals surface area contributed by atoms with Gasteiger partial charge in [-0.15, -0.1) is 6.58 Å². The van der Waals surface area contributed by atoms with Gasteiger partial charge < -0.3 is 0 Å². The summed E-state index contributed by atoms with van der Waals surface area (Å²) in [4.78, 5) is 0. The van der Waals surface area contributed by atoms with Gasteiger partial charge in [0.25, 0.3) is 0 Å². The van der Waals surface area contributed by atoms with Crippen LogP contribution in [0.4, 0.5) is 0 Å². The van der Waals surface area contributed by atoms with Gasteiger partial charge in [-0.05, 0) is 31.6 Å². The Morgan fingerprint density at radius 3 is 3.17 bits per heavy atom. The Kier molecular flexibility index (Phi) is 2.16. The smallest absolute Gasteiger partial charge is 0.00397 e. The van der Waals surface area contributed by atoms with Crippen molar-refractivity contribution in [1.29, 1.82) is 0 Å². The van der Waals surface area contributed by atoms with Gasteiger partial charge in [0.15, 0.2) is 0 Å². The van der Waals surface area contributed by atoms with E-state index in [1.807, 2.05) is 0 Å². The second-order valence-electron chi connectivity index (χ2n) is 3.75. The zero-order valence-electron chi connectivity index (χ0n) is 7.50. The van der Waals surface area contributed by atoms with Gasteiger partial charge in [-0.25, -0.2) is 0 Å². The first-order valence-electron chi connectivity index (χ1n) is 4.90. The van der Waals surface area contributed by atoms with Gasteiger partial charge in [-0.2, -0.15) is 0 Å². The second kappa shape index (κ2) is 3.30. The molecule has 0 unspecified atom stereocenters. The molecule has 0 heterocycles. The number of hydrogen-bond donors (Lipinski definition) is 0. The first kappa shape index (κ1) is 7.85. The van der Waals surface area contributed by atoms with Crippen LogP contribution in [0.2, 0.25) is 0 Å². The molecule has 2 atom stereocenters. The van der Waals surface area contributed by atoms with E-state index < -0.39 is 0 Å². The maximum atomic E-state index is 3.91. The fourth-order valence-corrected chi connectivity index (χ4v) is 2.34. The lowest BCUT2D eigenvalue weighted by Crippen LogP contribution is -2.18. The number of rotatable bonds is 1. The maximum absolute atomic E-state index is 3.91. The largest absolute Gasteiger partial charge is 0.103 e. The van der Waals surface area contributed by atoms with Crippen LogP contribution in [-0.4, -0.2) is 0 Å². The van der Waals surface area contributed by atoms with E-state index in [1.54, 1.807) is 5.57 Å². The van der Waals surface area contributed by atoms with Gasteiger partial charge in [-0.1, -0.05) is 29.9 Å². The van der Waals surface area contributed by atoms with Gasteiger partial charge >= 0.3 is 0 Å². The molecule has 0 fully saturated rings. The van der Waals surface area contributed by atoms with E-state index in [1.165, 1.54) is 25.7 Å². The predicted molar refractivity (Wildman–Crippen MR) is 52.9 cm³/mol. The summed E-state index contributed by atoms with van der Waals surface area (Å²) in [6, 6.07) is 0. The Bertz CT molecular complexity index is 232. The molecule has 2 rings (SSSR count). The zero-order valence-corrected chi connectivity index (χ0v) is 7.50. The summed E-state index contributed by atoms with van der Waals surface area (Å²) < 4.78 is 0. The van der Waals surface area contributed by atoms with E-state index in [9.17, 15) is 0 Å². The average Bonchev–Trinajstić information content (AvgIpc) is 2.17. The maximum Gasteiger partial charge on any atom is 0.00397 e. The van der Waals surface area contributed by atoms with Crippen LogP contribution in [0, 0.1) is 11.8 Å². The quantitative estimate of drug-likeness (QED) is 0.515. The monoisotopic (exact) mass is 160 g/mol. The molecule has 0 heteroatoms. The molecule has 12 heavy (non-hydrogen) atoms. The minimum atomic E-state index is 0.699. The third kappa shape index (κ3) is 1.26. The highest BCUT2D eigenvalue weighted by Gasteiger charge is 2.24. The highest BCUT2D eigenvalue weighted by Crippen LogP contribution is 2.37. The molecular weight excluding hydrogens is 144 g/mol. The lowest BCUT2D eigenvalue weighted by atomic mass is 9.74. The summed E-state index contributed by atoms with van der Waals surface area (Å²) in [6.45, 7) is 3.91. The summed E-state index contributed by atoms with van der Waals surface area (Å²) in [7, 11) is 0. The Balaban J connectivity index is 2.24. The first-order valence-corrected chi connectivity index (χ1v) is 4.90. The van der Waals surface area contributed by atoms with Crippen molar-refractivity contribution in [1.82, 2.24) is 0 Å². The summed E-state index contributed by atoms with van der Waals surface area (Å²) in [5, 5.41) is 0. The highest BCUT2D eigenvalue weighted by atomic mass is 14.3. The Hall–Kier alpha value is -0.780. The highest BCUT2D eigenvalue weighted by molar-refractivity contribution is 5.23. The minimum Gasteiger partial charge on any atom is -0.103 e. The standard InChI is InChI=1S/C12H16/c1-2-10-7-5-8-11-6-3-4-9-12(10)11/h2,4,8-10,12H,1,3,5-7H2/t10-,12+/m1/s1. The molecule has 0 aromatic heterocycles. The van der Waals surface area contributed by atoms with Crippen molar-refractivity contribution in [3.8, 4) is 0 Å². The Morgan fingerprint density at radius 1 is 1.42 bits per heavy atom. The number of fused-ring (bicyclic) bond motifs is 1. The van der Waals surface area contributed by atoms with Crippen LogP contribution in [0.3, 0.4) is 0 Å². The molecule has 2 aliphatic rings. The molecule has 0 aromatic rings. The minimum absolute atomic E-state index is 0.699. The van der Waals surface area contributed by atoms with Gasteiger partial charge in [-0.3, -0.25) is 0 Å². The van der Waals surface area contributed by atoms with Crippen LogP contribution in [0.5, 0.6) is 0 Å². The summed E-state index contributed by atoms with van der Waals surface area (Å²) in [5.41, 5.74) is 1.66. The van der Waals surface area contributed by atoms with Crippen molar-refractivity contribution < 1.29 is 0 Å². The summed E-state index contributed by atoms with van der Waals surface area (Å²) >= 11 is 0. The Labute approximate surface area is 74.7 Å². The van der Waals surface area contributed by atoms with Crippen molar-refractivity contribution in [2.45, 2.75) is 25.7 Å². The van der Waals surface area contributed by atoms with Crippen molar-refractivity contribution >= 4 is 0 Å². The number of allylic oxidation sites excluding steroid dienone is 5. The lowest BCUT2D eigenvalue weighted by Gasteiger charge is -2.30. The lowest BCUT2D eigenvalue weighted by molar-refractivity contribution is 0.453. The first-order chi connectivity index (χ1) is 5.92. The third-order valence-corrected chi connectivity index (χ3v) is 3.04. The number of hydrogen-bond acceptors (Lipinski definition) is 0. The van der Waals surface area contributed by atoms with Gasteiger partial charge in [0.2, 0.25) is 0 Å². The van der Waals surface area contributed by atoms with Gasteiger partial charge in [0.05, 0.1) is 0 Å². The molecular formula is C12H16. The molecule has 0 aliphatic heterocycles. The molecule has 0 saturated heterocycles. The fourth-order valence-electron chi connectivity index (χ4n) is 2.34. The summed E-state index contributed by atoms with van der Waals surface area (Å²) in [5.74, 6) is 1.41. The molecule has 0 radical (unpaired) electrons. The van der Waals surface area contributed by atoms with E-state index in [2.05, 4.69) is 30.9 Å². The molecule has 0 aromatic carbocycles. The van der Waals surface area contributed by atoms with Crippen LogP contribution in [0.1, 0.15) is 25.7 Å². The SMILES string of the molecule is C=C[C@@H]1CCC=C2CCC=C[C@H]21. The second-order valence-corrected chi connectivity index (χ2v) is 3.75. The van der Waals surface area contributed by atoms with Crippen LogP contribution in [-0.2, 0) is 0 Å². The van der Waals surface area contributed by atoms with Gasteiger partial charge in [0, 0.05) is 5.92 Å². The normalized spacial score (nSPS) is 33.8. The molecule has 0 N–H and O–H groups in total. The summed E-state index contributed by atoms with van der Waals surface area (Å²) in [6.07, 6.45) is 14.3. The van der Waals surface area contributed by atoms with Crippen LogP contribution in [0.15, 0.2) is 36.5 Å². The van der Waals surface area contributed by atoms with E-state index in [0.29, 0.717) is 11.8 Å². The fraction of sp³-hybridized carbons (Fsp3) is 0.500. The average molecular weight is 160 g/mol. The van der Waals surface area contributed by atoms with Crippen molar-refractivity contribution in [2.24, 2.45) is 11.8 Å². The molecule has 0 saturated carbocycles. The Morgan fingerprint density at radius 2 is 2.33 bits per heavy atom. The van der Waals surface area contributed by atoms with Crippen molar-refractivity contribution in [2.75, 3.05) is 0 Å². The van der Waals surface area contributed by atoms with Crippen molar-refractivity contribution in [3.05, 3.63) is 36.5 Å². The zero-order chi connectivity index (χ0) is 8.39. The van der Waals surface area contributed by atoms with Crippen molar-refractivity contribution in [3.63, 3.8) is 0 Å². The van der Waals surface area contributed by atoms with E-state index in [4.69, 9.17) is 0 Å². The van der Waals surface area contributed by atoms with E-state index >= 15 is 0 Å². The molecule has 64 valence electrons. The molecule has 0 bridgehead atoms. The van der Waals surface area contributed by atoms with Crippen LogP contribution < -0.4 is 0 Å². The van der Waals surface area contributed by atoms with Crippen LogP contribution >= 0.6 is 0 Å². The third-order valence-electron chi connectivity index (χ3n) is 3.04. The van der Waals surface area contributed by atoms with Gasteiger partial charge in [0.1, 0.15) is 0 Å².